The fourth-order valence-corrected chi connectivity index (χ4v) is 1.66. The zero-order valence-corrected chi connectivity index (χ0v) is 10.8. The summed E-state index contributed by atoms with van der Waals surface area (Å²) in [5.41, 5.74) is -0.685. The molecule has 0 radical (unpaired) electrons. The summed E-state index contributed by atoms with van der Waals surface area (Å²) in [5, 5.41) is 2.47. The predicted octanol–water partition coefficient (Wildman–Crippen LogP) is 3.91. The van der Waals surface area contributed by atoms with E-state index in [0.717, 1.165) is 12.1 Å². The molecule has 1 aromatic carbocycles. The number of benzene rings is 1. The average Bonchev–Trinajstić information content (AvgIpc) is 2.47. The maximum absolute atomic E-state index is 12.8. The molecule has 0 saturated carbocycles. The smallest absolute Gasteiger partial charge is 0.361 e. The van der Waals surface area contributed by atoms with Crippen molar-refractivity contribution < 1.29 is 18.0 Å². The molecule has 0 aliphatic rings. The number of hydrogen-bond acceptors (Lipinski definition) is 3. The molecule has 0 unspecified atom stereocenters. The number of allylic oxidation sites excluding steroid dienone is 1. The van der Waals surface area contributed by atoms with Crippen molar-refractivity contribution in [2.45, 2.75) is 6.18 Å². The second-order valence-electron chi connectivity index (χ2n) is 4.10. The molecule has 0 saturated heterocycles. The fraction of sp³-hybridized carbons (Fsp3) is 0.0667. The van der Waals surface area contributed by atoms with Crippen molar-refractivity contribution in [3.8, 4) is 0 Å². The Hall–Kier alpha value is -2.63. The molecule has 1 N–H and O–H groups in total. The van der Waals surface area contributed by atoms with Gasteiger partial charge in [-0.05, 0) is 24.3 Å². The van der Waals surface area contributed by atoms with Crippen LogP contribution in [-0.4, -0.2) is 10.8 Å². The van der Waals surface area contributed by atoms with Gasteiger partial charge in [0.25, 0.3) is 0 Å². The predicted molar refractivity (Wildman–Crippen MR) is 72.8 cm³/mol. The van der Waals surface area contributed by atoms with Crippen LogP contribution in [0.4, 0.5) is 18.9 Å². The molecule has 3 nitrogen and oxygen atoms in total. The number of halogens is 3. The van der Waals surface area contributed by atoms with Gasteiger partial charge < -0.3 is 5.32 Å². The van der Waals surface area contributed by atoms with Crippen molar-refractivity contribution in [2.24, 2.45) is 0 Å². The van der Waals surface area contributed by atoms with Crippen molar-refractivity contribution >= 4 is 11.5 Å². The van der Waals surface area contributed by atoms with Gasteiger partial charge in [0.05, 0.1) is 11.3 Å². The van der Waals surface area contributed by atoms with Gasteiger partial charge in [-0.15, -0.1) is 0 Å². The third kappa shape index (κ3) is 3.92. The SMILES string of the molecule is O=C(/C=C\Nc1ccccc1C(F)(F)F)c1ccccn1. The maximum Gasteiger partial charge on any atom is 0.418 e. The highest BCUT2D eigenvalue weighted by atomic mass is 19.4. The van der Waals surface area contributed by atoms with E-state index in [2.05, 4.69) is 10.3 Å². The molecule has 108 valence electrons. The zero-order valence-electron chi connectivity index (χ0n) is 10.8. The van der Waals surface area contributed by atoms with Crippen LogP contribution in [0.3, 0.4) is 0 Å². The number of pyridine rings is 1. The lowest BCUT2D eigenvalue weighted by Crippen LogP contribution is -2.08. The number of carbonyl (C=O) groups excluding carboxylic acids is 1. The first-order valence-electron chi connectivity index (χ1n) is 6.03. The molecule has 0 amide bonds. The van der Waals surface area contributed by atoms with Gasteiger partial charge in [0.2, 0.25) is 5.78 Å². The summed E-state index contributed by atoms with van der Waals surface area (Å²) in [6.45, 7) is 0. The molecule has 0 aliphatic carbocycles. The van der Waals surface area contributed by atoms with E-state index in [4.69, 9.17) is 0 Å². The monoisotopic (exact) mass is 292 g/mol. The van der Waals surface area contributed by atoms with Gasteiger partial charge in [-0.2, -0.15) is 13.2 Å². The molecular formula is C15H11F3N2O. The quantitative estimate of drug-likeness (QED) is 0.686. The molecule has 0 aliphatic heterocycles. The van der Waals surface area contributed by atoms with Gasteiger partial charge in [-0.25, -0.2) is 0 Å². The van der Waals surface area contributed by atoms with Crippen LogP contribution in [0, 0.1) is 0 Å². The average molecular weight is 292 g/mol. The van der Waals surface area contributed by atoms with Crippen LogP contribution in [0.5, 0.6) is 0 Å². The Balaban J connectivity index is 2.10. The van der Waals surface area contributed by atoms with E-state index in [9.17, 15) is 18.0 Å². The molecule has 0 fully saturated rings. The Morgan fingerprint density at radius 1 is 1.10 bits per heavy atom. The van der Waals surface area contributed by atoms with E-state index in [1.807, 2.05) is 0 Å². The zero-order chi connectivity index (χ0) is 15.3. The molecule has 0 atom stereocenters. The number of carbonyl (C=O) groups is 1. The summed E-state index contributed by atoms with van der Waals surface area (Å²) in [6.07, 6.45) is -0.688. The van der Waals surface area contributed by atoms with Crippen molar-refractivity contribution in [3.05, 3.63) is 72.2 Å². The van der Waals surface area contributed by atoms with Gasteiger partial charge in [0.15, 0.2) is 0 Å². The lowest BCUT2D eigenvalue weighted by Gasteiger charge is -2.11. The van der Waals surface area contributed by atoms with Crippen LogP contribution in [0.2, 0.25) is 0 Å². The van der Waals surface area contributed by atoms with E-state index in [1.54, 1.807) is 12.1 Å². The summed E-state index contributed by atoms with van der Waals surface area (Å²) in [5.74, 6) is -0.396. The summed E-state index contributed by atoms with van der Waals surface area (Å²) >= 11 is 0. The van der Waals surface area contributed by atoms with Crippen molar-refractivity contribution in [2.75, 3.05) is 5.32 Å². The number of nitrogens with one attached hydrogen (secondary N) is 1. The lowest BCUT2D eigenvalue weighted by atomic mass is 10.1. The number of nitrogens with zero attached hydrogens (tertiary/aromatic N) is 1. The minimum Gasteiger partial charge on any atom is -0.361 e. The highest BCUT2D eigenvalue weighted by Gasteiger charge is 2.32. The molecular weight excluding hydrogens is 281 g/mol. The minimum atomic E-state index is -4.46. The lowest BCUT2D eigenvalue weighted by molar-refractivity contribution is -0.136. The topological polar surface area (TPSA) is 42.0 Å². The summed E-state index contributed by atoms with van der Waals surface area (Å²) in [6, 6.07) is 9.88. The molecule has 0 bridgehead atoms. The molecule has 21 heavy (non-hydrogen) atoms. The number of aromatic nitrogens is 1. The van der Waals surface area contributed by atoms with E-state index >= 15 is 0 Å². The van der Waals surface area contributed by atoms with Gasteiger partial charge in [0.1, 0.15) is 5.69 Å². The standard InChI is InChI=1S/C15H11F3N2O/c16-15(17,18)11-5-1-2-6-12(11)20-10-8-14(21)13-7-3-4-9-19-13/h1-10,20H/b10-8-. The largest absolute Gasteiger partial charge is 0.418 e. The van der Waals surface area contributed by atoms with E-state index < -0.39 is 17.5 Å². The first-order chi connectivity index (χ1) is 9.98. The second kappa shape index (κ2) is 6.21. The molecule has 2 rings (SSSR count). The molecule has 2 aromatic rings. The van der Waals surface area contributed by atoms with Gasteiger partial charge in [0, 0.05) is 18.5 Å². The summed E-state index contributed by atoms with van der Waals surface area (Å²) in [4.78, 5) is 15.6. The van der Waals surface area contributed by atoms with Crippen LogP contribution < -0.4 is 5.32 Å². The number of hydrogen-bond donors (Lipinski definition) is 1. The fourth-order valence-electron chi connectivity index (χ4n) is 1.66. The van der Waals surface area contributed by atoms with Crippen molar-refractivity contribution in [1.29, 1.82) is 0 Å². The van der Waals surface area contributed by atoms with Gasteiger partial charge in [-0.1, -0.05) is 18.2 Å². The number of anilines is 1. The molecule has 1 aromatic heterocycles. The van der Waals surface area contributed by atoms with Crippen LogP contribution in [0.25, 0.3) is 0 Å². The third-order valence-corrected chi connectivity index (χ3v) is 2.62. The van der Waals surface area contributed by atoms with Gasteiger partial charge in [-0.3, -0.25) is 9.78 Å². The maximum atomic E-state index is 12.8. The van der Waals surface area contributed by atoms with E-state index in [0.29, 0.717) is 0 Å². The van der Waals surface area contributed by atoms with E-state index in [1.165, 1.54) is 36.7 Å². The first-order valence-corrected chi connectivity index (χ1v) is 6.03. The first kappa shape index (κ1) is 14.8. The number of rotatable bonds is 4. The summed E-state index contributed by atoms with van der Waals surface area (Å²) in [7, 11) is 0. The number of para-hydroxylation sites is 1. The Morgan fingerprint density at radius 3 is 2.48 bits per heavy atom. The number of ketones is 1. The van der Waals surface area contributed by atoms with Crippen LogP contribution >= 0.6 is 0 Å². The normalized spacial score (nSPS) is 11.6. The highest BCUT2D eigenvalue weighted by Crippen LogP contribution is 2.34. The van der Waals surface area contributed by atoms with Gasteiger partial charge >= 0.3 is 6.18 Å². The third-order valence-electron chi connectivity index (χ3n) is 2.62. The van der Waals surface area contributed by atoms with Crippen molar-refractivity contribution in [3.63, 3.8) is 0 Å². The Bertz CT molecular complexity index is 651. The van der Waals surface area contributed by atoms with Crippen molar-refractivity contribution in [1.82, 2.24) is 4.98 Å². The second-order valence-corrected chi connectivity index (χ2v) is 4.10. The van der Waals surface area contributed by atoms with Crippen LogP contribution in [-0.2, 0) is 6.18 Å². The summed E-state index contributed by atoms with van der Waals surface area (Å²) < 4.78 is 38.3. The number of alkyl halides is 3. The molecule has 0 spiro atoms. The molecule has 6 heteroatoms. The van der Waals surface area contributed by atoms with E-state index in [-0.39, 0.29) is 11.4 Å². The minimum absolute atomic E-state index is 0.116. The highest BCUT2D eigenvalue weighted by molar-refractivity contribution is 6.03. The van der Waals surface area contributed by atoms with Crippen LogP contribution in [0.15, 0.2) is 60.9 Å². The Labute approximate surface area is 119 Å². The Kier molecular flexibility index (Phi) is 4.37. The molecule has 1 heterocycles. The Morgan fingerprint density at radius 2 is 1.81 bits per heavy atom. The van der Waals surface area contributed by atoms with Crippen LogP contribution in [0.1, 0.15) is 16.1 Å².